The zero-order valence-electron chi connectivity index (χ0n) is 12.8. The summed E-state index contributed by atoms with van der Waals surface area (Å²) in [5, 5.41) is 3.08. The zero-order chi connectivity index (χ0) is 15.1. The maximum absolute atomic E-state index is 11.9. The molecule has 1 fully saturated rings. The SMILES string of the molecule is CCCC(N)C(=O)NC1CCN(Cc2cccnc2)CC1. The van der Waals surface area contributed by atoms with E-state index in [1.54, 1.807) is 6.20 Å². The number of carbonyl (C=O) groups is 1. The molecule has 1 saturated heterocycles. The first-order valence-corrected chi connectivity index (χ1v) is 7.86. The van der Waals surface area contributed by atoms with Gasteiger partial charge in [-0.3, -0.25) is 14.7 Å². The van der Waals surface area contributed by atoms with Gasteiger partial charge in [0.25, 0.3) is 0 Å². The van der Waals surface area contributed by atoms with Crippen molar-refractivity contribution in [1.82, 2.24) is 15.2 Å². The van der Waals surface area contributed by atoms with Crippen LogP contribution >= 0.6 is 0 Å². The molecule has 0 spiro atoms. The molecule has 5 heteroatoms. The molecule has 1 unspecified atom stereocenters. The first kappa shape index (κ1) is 15.9. The Bertz CT molecular complexity index is 429. The van der Waals surface area contributed by atoms with Crippen molar-refractivity contribution in [3.8, 4) is 0 Å². The van der Waals surface area contributed by atoms with Crippen LogP contribution in [-0.2, 0) is 11.3 Å². The number of hydrogen-bond acceptors (Lipinski definition) is 4. The third-order valence-electron chi connectivity index (χ3n) is 4.00. The second kappa shape index (κ2) is 8.10. The maximum Gasteiger partial charge on any atom is 0.237 e. The molecule has 1 aliphatic rings. The van der Waals surface area contributed by atoms with Gasteiger partial charge in [-0.25, -0.2) is 0 Å². The Morgan fingerprint density at radius 1 is 1.52 bits per heavy atom. The second-order valence-corrected chi connectivity index (χ2v) is 5.82. The zero-order valence-corrected chi connectivity index (χ0v) is 12.8. The molecule has 3 N–H and O–H groups in total. The van der Waals surface area contributed by atoms with Crippen molar-refractivity contribution in [2.24, 2.45) is 5.73 Å². The van der Waals surface area contributed by atoms with Crippen LogP contribution in [0.5, 0.6) is 0 Å². The smallest absolute Gasteiger partial charge is 0.237 e. The molecule has 1 aliphatic heterocycles. The van der Waals surface area contributed by atoms with Gasteiger partial charge in [0.05, 0.1) is 6.04 Å². The van der Waals surface area contributed by atoms with E-state index >= 15 is 0 Å². The lowest BCUT2D eigenvalue weighted by Crippen LogP contribution is -2.49. The monoisotopic (exact) mass is 290 g/mol. The Morgan fingerprint density at radius 3 is 2.90 bits per heavy atom. The number of aromatic nitrogens is 1. The average molecular weight is 290 g/mol. The Kier molecular flexibility index (Phi) is 6.14. The quantitative estimate of drug-likeness (QED) is 0.828. The van der Waals surface area contributed by atoms with Gasteiger partial charge in [-0.2, -0.15) is 0 Å². The van der Waals surface area contributed by atoms with E-state index in [0.717, 1.165) is 45.3 Å². The Hall–Kier alpha value is -1.46. The number of piperidine rings is 1. The van der Waals surface area contributed by atoms with Gasteiger partial charge in [0.1, 0.15) is 0 Å². The van der Waals surface area contributed by atoms with Gasteiger partial charge in [0.15, 0.2) is 0 Å². The highest BCUT2D eigenvalue weighted by molar-refractivity contribution is 5.81. The summed E-state index contributed by atoms with van der Waals surface area (Å²) in [6, 6.07) is 3.98. The normalized spacial score (nSPS) is 18.4. The lowest BCUT2D eigenvalue weighted by Gasteiger charge is -2.32. The van der Waals surface area contributed by atoms with E-state index in [4.69, 9.17) is 5.73 Å². The summed E-state index contributed by atoms with van der Waals surface area (Å²) in [5.74, 6) is 0.00237. The summed E-state index contributed by atoms with van der Waals surface area (Å²) >= 11 is 0. The number of nitrogens with zero attached hydrogens (tertiary/aromatic N) is 2. The van der Waals surface area contributed by atoms with Gasteiger partial charge in [-0.15, -0.1) is 0 Å². The molecule has 0 aromatic carbocycles. The molecule has 0 aliphatic carbocycles. The van der Waals surface area contributed by atoms with Crippen LogP contribution in [0.3, 0.4) is 0 Å². The Morgan fingerprint density at radius 2 is 2.29 bits per heavy atom. The Balaban J connectivity index is 1.72. The number of nitrogens with one attached hydrogen (secondary N) is 1. The average Bonchev–Trinajstić information content (AvgIpc) is 2.50. The van der Waals surface area contributed by atoms with Crippen molar-refractivity contribution in [2.45, 2.75) is 51.2 Å². The van der Waals surface area contributed by atoms with Gasteiger partial charge in [-0.05, 0) is 30.9 Å². The van der Waals surface area contributed by atoms with Crippen LogP contribution in [0.15, 0.2) is 24.5 Å². The lowest BCUT2D eigenvalue weighted by molar-refractivity contribution is -0.123. The van der Waals surface area contributed by atoms with E-state index in [1.807, 2.05) is 19.2 Å². The minimum Gasteiger partial charge on any atom is -0.352 e. The van der Waals surface area contributed by atoms with Crippen LogP contribution in [-0.4, -0.2) is 41.0 Å². The molecular weight excluding hydrogens is 264 g/mol. The molecule has 116 valence electrons. The fourth-order valence-electron chi connectivity index (χ4n) is 2.74. The largest absolute Gasteiger partial charge is 0.352 e. The first-order valence-electron chi connectivity index (χ1n) is 7.86. The summed E-state index contributed by atoms with van der Waals surface area (Å²) in [6.07, 6.45) is 7.39. The molecule has 21 heavy (non-hydrogen) atoms. The highest BCUT2D eigenvalue weighted by Crippen LogP contribution is 2.13. The predicted molar refractivity (Wildman–Crippen MR) is 83.6 cm³/mol. The minimum absolute atomic E-state index is 0.00237. The molecule has 0 radical (unpaired) electrons. The Labute approximate surface area is 126 Å². The van der Waals surface area contributed by atoms with E-state index in [-0.39, 0.29) is 18.0 Å². The number of likely N-dealkylation sites (tertiary alicyclic amines) is 1. The molecule has 1 amide bonds. The van der Waals surface area contributed by atoms with Gasteiger partial charge in [0, 0.05) is 38.1 Å². The summed E-state index contributed by atoms with van der Waals surface area (Å²) in [7, 11) is 0. The van der Waals surface area contributed by atoms with Crippen molar-refractivity contribution in [3.05, 3.63) is 30.1 Å². The summed E-state index contributed by atoms with van der Waals surface area (Å²) in [5.41, 5.74) is 7.09. The molecule has 0 bridgehead atoms. The van der Waals surface area contributed by atoms with Crippen molar-refractivity contribution >= 4 is 5.91 Å². The summed E-state index contributed by atoms with van der Waals surface area (Å²) < 4.78 is 0. The molecule has 1 aromatic rings. The molecule has 2 rings (SSSR count). The summed E-state index contributed by atoms with van der Waals surface area (Å²) in [6.45, 7) is 4.99. The van der Waals surface area contributed by atoms with Gasteiger partial charge in [-0.1, -0.05) is 19.4 Å². The molecule has 0 saturated carbocycles. The number of carbonyl (C=O) groups excluding carboxylic acids is 1. The van der Waals surface area contributed by atoms with Gasteiger partial charge >= 0.3 is 0 Å². The van der Waals surface area contributed by atoms with E-state index in [0.29, 0.717) is 0 Å². The van der Waals surface area contributed by atoms with Crippen LogP contribution in [0.25, 0.3) is 0 Å². The van der Waals surface area contributed by atoms with Gasteiger partial charge < -0.3 is 11.1 Å². The van der Waals surface area contributed by atoms with E-state index in [9.17, 15) is 4.79 Å². The van der Waals surface area contributed by atoms with Crippen molar-refractivity contribution < 1.29 is 4.79 Å². The van der Waals surface area contributed by atoms with Crippen LogP contribution in [0.4, 0.5) is 0 Å². The molecular formula is C16H26N4O. The standard InChI is InChI=1S/C16H26N4O/c1-2-4-15(17)16(21)19-14-6-9-20(10-7-14)12-13-5-3-8-18-11-13/h3,5,8,11,14-15H,2,4,6-7,9-10,12,17H2,1H3,(H,19,21). The predicted octanol–water partition coefficient (Wildman–Crippen LogP) is 1.29. The number of amides is 1. The van der Waals surface area contributed by atoms with E-state index < -0.39 is 0 Å². The molecule has 1 aromatic heterocycles. The van der Waals surface area contributed by atoms with Gasteiger partial charge in [0.2, 0.25) is 5.91 Å². The fraction of sp³-hybridized carbons (Fsp3) is 0.625. The number of rotatable bonds is 6. The summed E-state index contributed by atoms with van der Waals surface area (Å²) in [4.78, 5) is 18.5. The maximum atomic E-state index is 11.9. The second-order valence-electron chi connectivity index (χ2n) is 5.82. The minimum atomic E-state index is -0.358. The van der Waals surface area contributed by atoms with E-state index in [2.05, 4.69) is 21.3 Å². The fourth-order valence-corrected chi connectivity index (χ4v) is 2.74. The van der Waals surface area contributed by atoms with Crippen molar-refractivity contribution in [2.75, 3.05) is 13.1 Å². The molecule has 5 nitrogen and oxygen atoms in total. The number of pyridine rings is 1. The van der Waals surface area contributed by atoms with Crippen LogP contribution in [0.1, 0.15) is 38.2 Å². The third-order valence-corrected chi connectivity index (χ3v) is 4.00. The van der Waals surface area contributed by atoms with Crippen molar-refractivity contribution in [3.63, 3.8) is 0 Å². The lowest BCUT2D eigenvalue weighted by atomic mass is 10.0. The van der Waals surface area contributed by atoms with Crippen LogP contribution in [0, 0.1) is 0 Å². The van der Waals surface area contributed by atoms with Crippen LogP contribution < -0.4 is 11.1 Å². The number of nitrogens with two attached hydrogens (primary N) is 1. The van der Waals surface area contributed by atoms with Crippen molar-refractivity contribution in [1.29, 1.82) is 0 Å². The molecule has 2 heterocycles. The van der Waals surface area contributed by atoms with E-state index in [1.165, 1.54) is 5.56 Å². The highest BCUT2D eigenvalue weighted by atomic mass is 16.2. The first-order chi connectivity index (χ1) is 10.2. The number of hydrogen-bond donors (Lipinski definition) is 2. The highest BCUT2D eigenvalue weighted by Gasteiger charge is 2.22. The molecule has 1 atom stereocenters. The topological polar surface area (TPSA) is 71.2 Å². The van der Waals surface area contributed by atoms with Crippen LogP contribution in [0.2, 0.25) is 0 Å². The third kappa shape index (κ3) is 5.10.